The molecule has 0 spiro atoms. The van der Waals surface area contributed by atoms with Crippen molar-refractivity contribution in [3.63, 3.8) is 0 Å². The number of aryl methyl sites for hydroxylation is 1. The smallest absolute Gasteiger partial charge is 0.244 e. The number of carbonyl (C=O) groups excluding carboxylic acids is 2. The zero-order valence-corrected chi connectivity index (χ0v) is 16.9. The standard InChI is InChI=1S/C23H28N2O3/c1-15-12-18-19(13-23(3,4)14-20(18)28-15)25-22(27)16(2)24-21(26)11-10-17-8-6-5-7-9-17/h5-12,16,19H,13-14H2,1-4H3,(H,24,26)(H,25,27)/b11-10-/t16-,19+/m1/s1. The number of amides is 2. The van der Waals surface area contributed by atoms with Gasteiger partial charge in [-0.05, 0) is 43.4 Å². The SMILES string of the molecule is Cc1cc2c(o1)CC(C)(C)C[C@@H]2NC(=O)[C@@H](C)NC(=O)/C=C\c1ccccc1. The van der Waals surface area contributed by atoms with E-state index in [1.165, 1.54) is 6.08 Å². The quantitative estimate of drug-likeness (QED) is 0.772. The highest BCUT2D eigenvalue weighted by atomic mass is 16.3. The monoisotopic (exact) mass is 380 g/mol. The second-order valence-corrected chi connectivity index (χ2v) is 8.32. The molecule has 2 aromatic rings. The number of hydrogen-bond donors (Lipinski definition) is 2. The summed E-state index contributed by atoms with van der Waals surface area (Å²) in [7, 11) is 0. The van der Waals surface area contributed by atoms with E-state index in [9.17, 15) is 9.59 Å². The fourth-order valence-electron chi connectivity index (χ4n) is 3.67. The first-order chi connectivity index (χ1) is 13.2. The maximum atomic E-state index is 12.7. The van der Waals surface area contributed by atoms with E-state index >= 15 is 0 Å². The predicted octanol–water partition coefficient (Wildman–Crippen LogP) is 3.94. The minimum Gasteiger partial charge on any atom is -0.466 e. The predicted molar refractivity (Wildman–Crippen MR) is 110 cm³/mol. The van der Waals surface area contributed by atoms with Gasteiger partial charge in [0.05, 0.1) is 6.04 Å². The van der Waals surface area contributed by atoms with Crippen LogP contribution in [0.25, 0.3) is 6.08 Å². The van der Waals surface area contributed by atoms with Gasteiger partial charge in [-0.15, -0.1) is 0 Å². The first kappa shape index (κ1) is 19.9. The Bertz CT molecular complexity index is 881. The molecule has 1 heterocycles. The normalized spacial score (nSPS) is 19.1. The zero-order valence-electron chi connectivity index (χ0n) is 16.9. The fourth-order valence-corrected chi connectivity index (χ4v) is 3.67. The summed E-state index contributed by atoms with van der Waals surface area (Å²) >= 11 is 0. The van der Waals surface area contributed by atoms with Crippen molar-refractivity contribution in [1.29, 1.82) is 0 Å². The van der Waals surface area contributed by atoms with Gasteiger partial charge in [0.1, 0.15) is 17.6 Å². The highest BCUT2D eigenvalue weighted by Crippen LogP contribution is 2.42. The molecule has 0 bridgehead atoms. The summed E-state index contributed by atoms with van der Waals surface area (Å²) in [6.07, 6.45) is 4.86. The maximum Gasteiger partial charge on any atom is 0.244 e. The first-order valence-electron chi connectivity index (χ1n) is 9.67. The molecule has 0 saturated carbocycles. The molecule has 0 fully saturated rings. The van der Waals surface area contributed by atoms with Gasteiger partial charge in [0.2, 0.25) is 11.8 Å². The molecule has 1 aromatic carbocycles. The third-order valence-electron chi connectivity index (χ3n) is 5.03. The molecule has 1 aromatic heterocycles. The lowest BCUT2D eigenvalue weighted by atomic mass is 9.74. The third kappa shape index (κ3) is 4.91. The summed E-state index contributed by atoms with van der Waals surface area (Å²) in [6.45, 7) is 7.96. The van der Waals surface area contributed by atoms with E-state index in [1.54, 1.807) is 13.0 Å². The van der Waals surface area contributed by atoms with Crippen LogP contribution in [0.15, 0.2) is 46.9 Å². The molecule has 5 heteroatoms. The average Bonchev–Trinajstić information content (AvgIpc) is 2.99. The number of rotatable bonds is 5. The van der Waals surface area contributed by atoms with Crippen molar-refractivity contribution in [3.05, 3.63) is 65.1 Å². The van der Waals surface area contributed by atoms with Crippen molar-refractivity contribution in [2.24, 2.45) is 5.41 Å². The lowest BCUT2D eigenvalue weighted by Crippen LogP contribution is -2.46. The minimum absolute atomic E-state index is 0.0418. The van der Waals surface area contributed by atoms with Gasteiger partial charge in [-0.3, -0.25) is 9.59 Å². The number of benzene rings is 1. The largest absolute Gasteiger partial charge is 0.466 e. The average molecular weight is 380 g/mol. The molecule has 0 unspecified atom stereocenters. The molecular weight excluding hydrogens is 352 g/mol. The molecule has 148 valence electrons. The van der Waals surface area contributed by atoms with Gasteiger partial charge in [-0.2, -0.15) is 0 Å². The number of fused-ring (bicyclic) bond motifs is 1. The molecule has 0 aliphatic heterocycles. The first-order valence-corrected chi connectivity index (χ1v) is 9.67. The van der Waals surface area contributed by atoms with Crippen LogP contribution in [-0.2, 0) is 16.0 Å². The van der Waals surface area contributed by atoms with Gasteiger partial charge in [-0.1, -0.05) is 44.2 Å². The van der Waals surface area contributed by atoms with Crippen LogP contribution in [0, 0.1) is 12.3 Å². The lowest BCUT2D eigenvalue weighted by Gasteiger charge is -2.35. The molecule has 1 aliphatic rings. The van der Waals surface area contributed by atoms with E-state index in [4.69, 9.17) is 4.42 Å². The molecular formula is C23H28N2O3. The molecule has 5 nitrogen and oxygen atoms in total. The molecule has 2 atom stereocenters. The van der Waals surface area contributed by atoms with Crippen LogP contribution in [0.3, 0.4) is 0 Å². The second-order valence-electron chi connectivity index (χ2n) is 8.32. The Kier molecular flexibility index (Phi) is 5.73. The van der Waals surface area contributed by atoms with Gasteiger partial charge in [0.15, 0.2) is 0 Å². The minimum atomic E-state index is -0.630. The van der Waals surface area contributed by atoms with Crippen molar-refractivity contribution >= 4 is 17.9 Å². The third-order valence-corrected chi connectivity index (χ3v) is 5.03. The van der Waals surface area contributed by atoms with Crippen molar-refractivity contribution in [3.8, 4) is 0 Å². The number of carbonyl (C=O) groups is 2. The molecule has 0 saturated heterocycles. The van der Waals surface area contributed by atoms with E-state index in [1.807, 2.05) is 43.3 Å². The van der Waals surface area contributed by atoms with Crippen LogP contribution >= 0.6 is 0 Å². The lowest BCUT2D eigenvalue weighted by molar-refractivity contribution is -0.127. The molecule has 3 rings (SSSR count). The van der Waals surface area contributed by atoms with Gasteiger partial charge < -0.3 is 15.1 Å². The van der Waals surface area contributed by atoms with E-state index in [0.717, 1.165) is 35.5 Å². The van der Waals surface area contributed by atoms with E-state index in [2.05, 4.69) is 24.5 Å². The van der Waals surface area contributed by atoms with Gasteiger partial charge in [0, 0.05) is 18.1 Å². The zero-order chi connectivity index (χ0) is 20.3. The van der Waals surface area contributed by atoms with E-state index in [0.29, 0.717) is 0 Å². The Labute approximate surface area is 166 Å². The number of hydrogen-bond acceptors (Lipinski definition) is 3. The van der Waals surface area contributed by atoms with Gasteiger partial charge in [-0.25, -0.2) is 0 Å². The van der Waals surface area contributed by atoms with E-state index in [-0.39, 0.29) is 23.3 Å². The summed E-state index contributed by atoms with van der Waals surface area (Å²) in [6, 6.07) is 10.8. The van der Waals surface area contributed by atoms with Crippen molar-refractivity contribution in [1.82, 2.24) is 10.6 Å². The number of furan rings is 1. The van der Waals surface area contributed by atoms with Crippen LogP contribution in [0.1, 0.15) is 55.9 Å². The summed E-state index contributed by atoms with van der Waals surface area (Å²) in [4.78, 5) is 24.8. The van der Waals surface area contributed by atoms with Crippen LogP contribution < -0.4 is 10.6 Å². The maximum absolute atomic E-state index is 12.7. The Morgan fingerprint density at radius 1 is 1.25 bits per heavy atom. The summed E-state index contributed by atoms with van der Waals surface area (Å²) in [5, 5.41) is 5.81. The van der Waals surface area contributed by atoms with Crippen molar-refractivity contribution < 1.29 is 14.0 Å². The van der Waals surface area contributed by atoms with Gasteiger partial charge in [0.25, 0.3) is 0 Å². The summed E-state index contributed by atoms with van der Waals surface area (Å²) in [5.41, 5.74) is 2.02. The Balaban J connectivity index is 1.61. The fraction of sp³-hybridized carbons (Fsp3) is 0.391. The molecule has 2 N–H and O–H groups in total. The van der Waals surface area contributed by atoms with Crippen LogP contribution in [0.5, 0.6) is 0 Å². The van der Waals surface area contributed by atoms with Crippen molar-refractivity contribution in [2.75, 3.05) is 0 Å². The van der Waals surface area contributed by atoms with Crippen LogP contribution in [0.4, 0.5) is 0 Å². The topological polar surface area (TPSA) is 71.3 Å². The number of nitrogens with one attached hydrogen (secondary N) is 2. The van der Waals surface area contributed by atoms with Crippen LogP contribution in [0.2, 0.25) is 0 Å². The molecule has 2 amide bonds. The summed E-state index contributed by atoms with van der Waals surface area (Å²) < 4.78 is 5.82. The molecule has 1 aliphatic carbocycles. The molecule has 28 heavy (non-hydrogen) atoms. The van der Waals surface area contributed by atoms with Crippen molar-refractivity contribution in [2.45, 2.75) is 52.6 Å². The van der Waals surface area contributed by atoms with Crippen LogP contribution in [-0.4, -0.2) is 17.9 Å². The summed E-state index contributed by atoms with van der Waals surface area (Å²) in [5.74, 6) is 1.31. The molecule has 0 radical (unpaired) electrons. The Morgan fingerprint density at radius 2 is 1.96 bits per heavy atom. The second kappa shape index (κ2) is 8.05. The Hall–Kier alpha value is -2.82. The highest BCUT2D eigenvalue weighted by molar-refractivity contribution is 5.95. The Morgan fingerprint density at radius 3 is 2.68 bits per heavy atom. The van der Waals surface area contributed by atoms with E-state index < -0.39 is 6.04 Å². The van der Waals surface area contributed by atoms with Gasteiger partial charge >= 0.3 is 0 Å². The highest BCUT2D eigenvalue weighted by Gasteiger charge is 2.36.